The van der Waals surface area contributed by atoms with E-state index in [0.29, 0.717) is 24.2 Å². The van der Waals surface area contributed by atoms with Gasteiger partial charge in [-0.3, -0.25) is 24.6 Å². The van der Waals surface area contributed by atoms with Crippen molar-refractivity contribution in [2.45, 2.75) is 33.2 Å². The van der Waals surface area contributed by atoms with E-state index in [9.17, 15) is 19.7 Å². The van der Waals surface area contributed by atoms with E-state index < -0.39 is 16.9 Å². The SMILES string of the molecule is CCOC(=O)CN1CCNCC(c2ccc(C(=O)C(C)(C)C)cc2)([N+](=O)[O-])C1. The highest BCUT2D eigenvalue weighted by molar-refractivity contribution is 5.99. The number of hydrogen-bond donors (Lipinski definition) is 1. The van der Waals surface area contributed by atoms with Gasteiger partial charge in [0.1, 0.15) is 0 Å². The van der Waals surface area contributed by atoms with Crippen molar-refractivity contribution in [1.82, 2.24) is 10.2 Å². The third kappa shape index (κ3) is 4.94. The number of rotatable bonds is 6. The van der Waals surface area contributed by atoms with Crippen LogP contribution in [-0.2, 0) is 15.1 Å². The van der Waals surface area contributed by atoms with E-state index in [1.54, 1.807) is 36.1 Å². The van der Waals surface area contributed by atoms with Gasteiger partial charge in [-0.15, -0.1) is 0 Å². The minimum atomic E-state index is -1.41. The van der Waals surface area contributed by atoms with Gasteiger partial charge >= 0.3 is 5.97 Å². The van der Waals surface area contributed by atoms with Gasteiger partial charge in [-0.2, -0.15) is 0 Å². The zero-order valence-electron chi connectivity index (χ0n) is 17.0. The molecule has 28 heavy (non-hydrogen) atoms. The predicted molar refractivity (Wildman–Crippen MR) is 105 cm³/mol. The quantitative estimate of drug-likeness (QED) is 0.342. The van der Waals surface area contributed by atoms with Gasteiger partial charge in [-0.05, 0) is 6.92 Å². The summed E-state index contributed by atoms with van der Waals surface area (Å²) in [6, 6.07) is 6.60. The van der Waals surface area contributed by atoms with Crippen molar-refractivity contribution in [3.63, 3.8) is 0 Å². The molecule has 8 nitrogen and oxygen atoms in total. The van der Waals surface area contributed by atoms with Crippen LogP contribution in [-0.4, -0.2) is 60.9 Å². The zero-order valence-corrected chi connectivity index (χ0v) is 17.0. The molecule has 1 heterocycles. The molecule has 8 heteroatoms. The van der Waals surface area contributed by atoms with Crippen LogP contribution in [0.5, 0.6) is 0 Å². The fourth-order valence-electron chi connectivity index (χ4n) is 3.35. The fourth-order valence-corrected chi connectivity index (χ4v) is 3.35. The molecule has 0 amide bonds. The van der Waals surface area contributed by atoms with E-state index >= 15 is 0 Å². The number of carbonyl (C=O) groups excluding carboxylic acids is 2. The molecule has 1 unspecified atom stereocenters. The van der Waals surface area contributed by atoms with Gasteiger partial charge < -0.3 is 10.1 Å². The number of carbonyl (C=O) groups is 2. The molecule has 0 spiro atoms. The van der Waals surface area contributed by atoms with E-state index in [1.165, 1.54) is 0 Å². The van der Waals surface area contributed by atoms with Crippen LogP contribution in [0.3, 0.4) is 0 Å². The second-order valence-electron chi connectivity index (χ2n) is 8.14. The average molecular weight is 391 g/mol. The Labute approximate surface area is 165 Å². The van der Waals surface area contributed by atoms with Gasteiger partial charge in [0, 0.05) is 34.6 Å². The summed E-state index contributed by atoms with van der Waals surface area (Å²) in [6.07, 6.45) is 0. The number of hydrogen-bond acceptors (Lipinski definition) is 7. The molecule has 1 N–H and O–H groups in total. The van der Waals surface area contributed by atoms with E-state index in [1.807, 2.05) is 20.8 Å². The van der Waals surface area contributed by atoms with Gasteiger partial charge in [0.05, 0.1) is 26.2 Å². The number of ether oxygens (including phenoxy) is 1. The van der Waals surface area contributed by atoms with Crippen molar-refractivity contribution in [2.24, 2.45) is 5.41 Å². The predicted octanol–water partition coefficient (Wildman–Crippen LogP) is 1.86. The number of nitro groups is 1. The van der Waals surface area contributed by atoms with Crippen LogP contribution in [0.1, 0.15) is 43.6 Å². The molecule has 2 rings (SSSR count). The van der Waals surface area contributed by atoms with E-state index in [0.717, 1.165) is 0 Å². The first-order valence-electron chi connectivity index (χ1n) is 9.48. The molecule has 0 aromatic heterocycles. The molecule has 1 atom stereocenters. The molecule has 0 aliphatic carbocycles. The summed E-state index contributed by atoms with van der Waals surface area (Å²) in [6.45, 7) is 8.79. The summed E-state index contributed by atoms with van der Waals surface area (Å²) in [5, 5.41) is 15.2. The Morgan fingerprint density at radius 3 is 2.46 bits per heavy atom. The molecular weight excluding hydrogens is 362 g/mol. The highest BCUT2D eigenvalue weighted by atomic mass is 16.6. The van der Waals surface area contributed by atoms with Crippen LogP contribution in [0.2, 0.25) is 0 Å². The van der Waals surface area contributed by atoms with Crippen molar-refractivity contribution in [3.05, 3.63) is 45.5 Å². The number of nitrogens with zero attached hydrogens (tertiary/aromatic N) is 2. The van der Waals surface area contributed by atoms with Crippen molar-refractivity contribution in [3.8, 4) is 0 Å². The topological polar surface area (TPSA) is 102 Å². The Bertz CT molecular complexity index is 726. The Kier molecular flexibility index (Phi) is 6.90. The molecule has 154 valence electrons. The first kappa shape index (κ1) is 22.0. The third-order valence-electron chi connectivity index (χ3n) is 4.88. The van der Waals surface area contributed by atoms with E-state index in [4.69, 9.17) is 4.74 Å². The summed E-state index contributed by atoms with van der Waals surface area (Å²) in [5.41, 5.74) is -0.902. The van der Waals surface area contributed by atoms with E-state index in [2.05, 4.69) is 5.32 Å². The maximum absolute atomic E-state index is 12.5. The third-order valence-corrected chi connectivity index (χ3v) is 4.88. The summed E-state index contributed by atoms with van der Waals surface area (Å²) >= 11 is 0. The monoisotopic (exact) mass is 391 g/mol. The minimum Gasteiger partial charge on any atom is -0.465 e. The smallest absolute Gasteiger partial charge is 0.320 e. The number of nitrogens with one attached hydrogen (secondary N) is 1. The number of esters is 1. The molecule has 1 aromatic rings. The normalized spacial score (nSPS) is 21.0. The summed E-state index contributed by atoms with van der Waals surface area (Å²) in [7, 11) is 0. The highest BCUT2D eigenvalue weighted by Crippen LogP contribution is 2.29. The molecule has 1 aliphatic rings. The van der Waals surface area contributed by atoms with Gasteiger partial charge in [0.25, 0.3) is 5.54 Å². The molecule has 0 radical (unpaired) electrons. The van der Waals surface area contributed by atoms with Gasteiger partial charge in [-0.25, -0.2) is 0 Å². The lowest BCUT2D eigenvalue weighted by Crippen LogP contribution is -2.50. The zero-order chi connectivity index (χ0) is 20.9. The Balaban J connectivity index is 2.32. The Morgan fingerprint density at radius 2 is 1.93 bits per heavy atom. The second-order valence-corrected chi connectivity index (χ2v) is 8.14. The lowest BCUT2D eigenvalue weighted by atomic mass is 9.84. The maximum Gasteiger partial charge on any atom is 0.320 e. The fraction of sp³-hybridized carbons (Fsp3) is 0.600. The first-order chi connectivity index (χ1) is 13.1. The van der Waals surface area contributed by atoms with Gasteiger partial charge in [0.15, 0.2) is 5.78 Å². The first-order valence-corrected chi connectivity index (χ1v) is 9.48. The number of Topliss-reactive ketones (excluding diaryl/α,β-unsaturated/α-hetero) is 1. The lowest BCUT2D eigenvalue weighted by Gasteiger charge is -2.29. The highest BCUT2D eigenvalue weighted by Gasteiger charge is 2.47. The van der Waals surface area contributed by atoms with Gasteiger partial charge in [0.2, 0.25) is 0 Å². The maximum atomic E-state index is 12.5. The standard InChI is InChI=1S/C20H29N3O5/c1-5-28-17(24)12-22-11-10-21-13-20(14-22,23(26)27)16-8-6-15(7-9-16)18(25)19(2,3)4/h6-9,21H,5,10-14H2,1-4H3. The van der Waals surface area contributed by atoms with Crippen molar-refractivity contribution in [1.29, 1.82) is 0 Å². The summed E-state index contributed by atoms with van der Waals surface area (Å²) in [4.78, 5) is 37.9. The molecule has 0 bridgehead atoms. The molecular formula is C20H29N3O5. The van der Waals surface area contributed by atoms with E-state index in [-0.39, 0.29) is 36.9 Å². The van der Waals surface area contributed by atoms with Crippen LogP contribution < -0.4 is 5.32 Å². The summed E-state index contributed by atoms with van der Waals surface area (Å²) < 4.78 is 4.99. The molecule has 0 saturated carbocycles. The number of benzene rings is 1. The number of ketones is 1. The van der Waals surface area contributed by atoms with Crippen LogP contribution in [0.25, 0.3) is 0 Å². The molecule has 1 aliphatic heterocycles. The van der Waals surface area contributed by atoms with Crippen LogP contribution in [0.4, 0.5) is 0 Å². The lowest BCUT2D eigenvalue weighted by molar-refractivity contribution is -0.577. The van der Waals surface area contributed by atoms with Crippen LogP contribution in [0.15, 0.2) is 24.3 Å². The average Bonchev–Trinajstić information content (AvgIpc) is 2.84. The Morgan fingerprint density at radius 1 is 1.29 bits per heavy atom. The van der Waals surface area contributed by atoms with Crippen molar-refractivity contribution >= 4 is 11.8 Å². The Hall–Kier alpha value is -2.32. The van der Waals surface area contributed by atoms with Crippen molar-refractivity contribution in [2.75, 3.05) is 39.3 Å². The second kappa shape index (κ2) is 8.79. The largest absolute Gasteiger partial charge is 0.465 e. The minimum absolute atomic E-state index is 0.00566. The molecule has 1 aromatic carbocycles. The van der Waals surface area contributed by atoms with Gasteiger partial charge in [-0.1, -0.05) is 45.0 Å². The van der Waals surface area contributed by atoms with Crippen LogP contribution in [0, 0.1) is 15.5 Å². The molecule has 1 fully saturated rings. The molecule has 1 saturated heterocycles. The summed E-state index contributed by atoms with van der Waals surface area (Å²) in [5.74, 6) is -0.412. The van der Waals surface area contributed by atoms with Crippen molar-refractivity contribution < 1.29 is 19.2 Å². The van der Waals surface area contributed by atoms with Crippen LogP contribution >= 0.6 is 0 Å².